The van der Waals surface area contributed by atoms with E-state index in [1.165, 1.54) is 17.6 Å². The summed E-state index contributed by atoms with van der Waals surface area (Å²) in [6, 6.07) is 13.3. The van der Waals surface area contributed by atoms with E-state index in [1.807, 2.05) is 6.92 Å². The minimum Gasteiger partial charge on any atom is -0.467 e. The Balaban J connectivity index is 1.70. The molecule has 2 heterocycles. The maximum Gasteiger partial charge on any atom is 0.309 e. The summed E-state index contributed by atoms with van der Waals surface area (Å²) in [5.74, 6) is -1.26. The first-order chi connectivity index (χ1) is 13.9. The van der Waals surface area contributed by atoms with Gasteiger partial charge in [-0.15, -0.1) is 11.3 Å². The highest BCUT2D eigenvalue weighted by molar-refractivity contribution is 7.91. The molecule has 0 unspecified atom stereocenters. The van der Waals surface area contributed by atoms with Crippen LogP contribution < -0.4 is 10.6 Å². The van der Waals surface area contributed by atoms with Crippen molar-refractivity contribution in [2.24, 2.45) is 0 Å². The molecule has 3 aromatic rings. The van der Waals surface area contributed by atoms with Crippen molar-refractivity contribution in [2.45, 2.75) is 23.6 Å². The van der Waals surface area contributed by atoms with Crippen molar-refractivity contribution in [3.63, 3.8) is 0 Å². The largest absolute Gasteiger partial charge is 0.467 e. The molecule has 1 aromatic carbocycles. The number of hydrogen-bond donors (Lipinski definition) is 2. The zero-order chi connectivity index (χ0) is 20.9. The van der Waals surface area contributed by atoms with Crippen molar-refractivity contribution in [1.82, 2.24) is 10.6 Å². The summed E-state index contributed by atoms with van der Waals surface area (Å²) in [5.41, 5.74) is 0.943. The van der Waals surface area contributed by atoms with Crippen LogP contribution in [0.1, 0.15) is 21.5 Å². The number of nitrogens with one attached hydrogen (secondary N) is 2. The van der Waals surface area contributed by atoms with Gasteiger partial charge in [0.1, 0.15) is 11.0 Å². The second-order valence-electron chi connectivity index (χ2n) is 6.33. The molecule has 2 amide bonds. The summed E-state index contributed by atoms with van der Waals surface area (Å²) in [4.78, 5) is 24.9. The average Bonchev–Trinajstić information content (AvgIpc) is 3.40. The first-order valence-electron chi connectivity index (χ1n) is 8.80. The summed E-state index contributed by atoms with van der Waals surface area (Å²) >= 11 is 1.28. The summed E-state index contributed by atoms with van der Waals surface area (Å²) in [6.07, 6.45) is 1.46. The second-order valence-corrected chi connectivity index (χ2v) is 9.44. The van der Waals surface area contributed by atoms with Crippen LogP contribution in [0.3, 0.4) is 0 Å². The number of thiophene rings is 1. The van der Waals surface area contributed by atoms with Crippen molar-refractivity contribution in [1.29, 1.82) is 0 Å². The molecule has 0 saturated heterocycles. The number of sulfone groups is 1. The van der Waals surface area contributed by atoms with Gasteiger partial charge in [-0.05, 0) is 42.6 Å². The molecule has 0 saturated carbocycles. The van der Waals surface area contributed by atoms with Gasteiger partial charge in [0.25, 0.3) is 0 Å². The van der Waals surface area contributed by atoms with E-state index in [4.69, 9.17) is 4.42 Å². The fraction of sp³-hybridized carbons (Fsp3) is 0.200. The normalized spacial score (nSPS) is 12.3. The third kappa shape index (κ3) is 5.12. The van der Waals surface area contributed by atoms with Crippen LogP contribution in [0.2, 0.25) is 0 Å². The van der Waals surface area contributed by atoms with Crippen LogP contribution in [0.5, 0.6) is 0 Å². The molecule has 0 aliphatic rings. The topological polar surface area (TPSA) is 105 Å². The van der Waals surface area contributed by atoms with Gasteiger partial charge in [-0.3, -0.25) is 9.59 Å². The van der Waals surface area contributed by atoms with Crippen molar-refractivity contribution >= 4 is 33.0 Å². The average molecular weight is 433 g/mol. The van der Waals surface area contributed by atoms with Gasteiger partial charge < -0.3 is 15.1 Å². The van der Waals surface area contributed by atoms with E-state index in [0.29, 0.717) is 10.6 Å². The quantitative estimate of drug-likeness (QED) is 0.558. The van der Waals surface area contributed by atoms with Crippen LogP contribution >= 0.6 is 11.3 Å². The van der Waals surface area contributed by atoms with Gasteiger partial charge in [0.05, 0.1) is 17.7 Å². The van der Waals surface area contributed by atoms with Gasteiger partial charge in [-0.2, -0.15) is 0 Å². The number of hydrogen-bond acceptors (Lipinski definition) is 6. The summed E-state index contributed by atoms with van der Waals surface area (Å²) in [6.45, 7) is 1.72. The Morgan fingerprint density at radius 3 is 2.38 bits per heavy atom. The van der Waals surface area contributed by atoms with E-state index in [9.17, 15) is 18.0 Å². The molecular weight excluding hydrogens is 412 g/mol. The lowest BCUT2D eigenvalue weighted by Crippen LogP contribution is -2.41. The monoisotopic (exact) mass is 432 g/mol. The number of carbonyl (C=O) groups is 2. The minimum absolute atomic E-state index is 0.0648. The maximum absolute atomic E-state index is 13.1. The van der Waals surface area contributed by atoms with Crippen molar-refractivity contribution in [3.8, 4) is 0 Å². The Hall–Kier alpha value is -2.91. The van der Waals surface area contributed by atoms with Gasteiger partial charge in [0.2, 0.25) is 0 Å². The zero-order valence-electron chi connectivity index (χ0n) is 15.6. The van der Waals surface area contributed by atoms with Gasteiger partial charge >= 0.3 is 11.8 Å². The molecule has 0 aliphatic heterocycles. The molecule has 152 valence electrons. The summed E-state index contributed by atoms with van der Waals surface area (Å²) in [5, 5.41) is 5.64. The highest BCUT2D eigenvalue weighted by Crippen LogP contribution is 2.31. The van der Waals surface area contributed by atoms with Crippen LogP contribution in [0.25, 0.3) is 0 Å². The first-order valence-corrected chi connectivity index (χ1v) is 11.2. The van der Waals surface area contributed by atoms with Gasteiger partial charge in [0, 0.05) is 11.4 Å². The van der Waals surface area contributed by atoms with Gasteiger partial charge in [-0.25, -0.2) is 8.42 Å². The third-order valence-corrected chi connectivity index (χ3v) is 7.48. The number of carbonyl (C=O) groups excluding carboxylic acids is 2. The molecule has 9 heteroatoms. The zero-order valence-corrected chi connectivity index (χ0v) is 17.3. The number of amides is 2. The van der Waals surface area contributed by atoms with Crippen LogP contribution in [-0.4, -0.2) is 26.8 Å². The van der Waals surface area contributed by atoms with E-state index in [-0.39, 0.29) is 18.0 Å². The Labute approximate surface area is 172 Å². The Bertz CT molecular complexity index is 1060. The molecule has 3 rings (SSSR count). The predicted octanol–water partition coefficient (Wildman–Crippen LogP) is 2.60. The van der Waals surface area contributed by atoms with E-state index in [0.717, 1.165) is 5.56 Å². The second kappa shape index (κ2) is 9.06. The fourth-order valence-electron chi connectivity index (χ4n) is 2.66. The maximum atomic E-state index is 13.1. The predicted molar refractivity (Wildman–Crippen MR) is 109 cm³/mol. The molecule has 0 fully saturated rings. The van der Waals surface area contributed by atoms with E-state index in [1.54, 1.807) is 53.9 Å². The molecule has 29 heavy (non-hydrogen) atoms. The molecule has 2 N–H and O–H groups in total. The summed E-state index contributed by atoms with van der Waals surface area (Å²) < 4.78 is 31.4. The number of rotatable bonds is 7. The van der Waals surface area contributed by atoms with E-state index >= 15 is 0 Å². The number of benzene rings is 1. The van der Waals surface area contributed by atoms with E-state index in [2.05, 4.69) is 10.6 Å². The first kappa shape index (κ1) is 20.8. The highest BCUT2D eigenvalue weighted by Gasteiger charge is 2.31. The van der Waals surface area contributed by atoms with Crippen LogP contribution in [0.4, 0.5) is 0 Å². The third-order valence-electron chi connectivity index (χ3n) is 4.24. The molecule has 1 atom stereocenters. The Kier molecular flexibility index (Phi) is 6.50. The lowest BCUT2D eigenvalue weighted by atomic mass is 10.2. The fourth-order valence-corrected chi connectivity index (χ4v) is 5.44. The lowest BCUT2D eigenvalue weighted by Gasteiger charge is -2.17. The van der Waals surface area contributed by atoms with Gasteiger partial charge in [0.15, 0.2) is 9.84 Å². The van der Waals surface area contributed by atoms with E-state index < -0.39 is 26.9 Å². The lowest BCUT2D eigenvalue weighted by molar-refractivity contribution is -0.139. The van der Waals surface area contributed by atoms with Crippen LogP contribution in [0.15, 0.2) is 69.5 Å². The van der Waals surface area contributed by atoms with Crippen LogP contribution in [0, 0.1) is 6.92 Å². The Morgan fingerprint density at radius 1 is 1.03 bits per heavy atom. The molecule has 0 spiro atoms. The SMILES string of the molecule is Cc1ccc(S(=O)(=O)[C@H](CNC(=O)C(=O)NCc2ccco2)c2cccs2)cc1. The highest BCUT2D eigenvalue weighted by atomic mass is 32.2. The molecule has 0 bridgehead atoms. The molecule has 2 aromatic heterocycles. The number of aryl methyl sites for hydroxylation is 1. The number of furan rings is 1. The molecular formula is C20H20N2O5S2. The minimum atomic E-state index is -3.76. The Morgan fingerprint density at radius 2 is 1.76 bits per heavy atom. The standard InChI is InChI=1S/C20H20N2O5S2/c1-14-6-8-16(9-7-14)29(25,26)18(17-5-3-11-28-17)13-22-20(24)19(23)21-12-15-4-2-10-27-15/h2-11,18H,12-13H2,1H3,(H,21,23)(H,22,24)/t18-/m1/s1. The van der Waals surface area contributed by atoms with Crippen LogP contribution in [-0.2, 0) is 26.0 Å². The molecule has 0 radical (unpaired) electrons. The molecule has 0 aliphatic carbocycles. The smallest absolute Gasteiger partial charge is 0.309 e. The van der Waals surface area contributed by atoms with Gasteiger partial charge in [-0.1, -0.05) is 23.8 Å². The summed E-state index contributed by atoms with van der Waals surface area (Å²) in [7, 11) is -3.76. The van der Waals surface area contributed by atoms with Crippen molar-refractivity contribution in [2.75, 3.05) is 6.54 Å². The molecule has 7 nitrogen and oxygen atoms in total. The van der Waals surface area contributed by atoms with Crippen molar-refractivity contribution in [3.05, 3.63) is 76.4 Å². The van der Waals surface area contributed by atoms with Crippen molar-refractivity contribution < 1.29 is 22.4 Å².